The van der Waals surface area contributed by atoms with Crippen LogP contribution in [0.4, 0.5) is 5.69 Å². The lowest BCUT2D eigenvalue weighted by Crippen LogP contribution is -2.12. The Balaban J connectivity index is 2.27. The van der Waals surface area contributed by atoms with Gasteiger partial charge in [-0.25, -0.2) is 0 Å². The van der Waals surface area contributed by atoms with E-state index in [1.807, 2.05) is 0 Å². The lowest BCUT2D eigenvalue weighted by molar-refractivity contribution is 0.102. The number of halogens is 2. The van der Waals surface area contributed by atoms with Crippen molar-refractivity contribution in [2.45, 2.75) is 0 Å². The van der Waals surface area contributed by atoms with Crippen LogP contribution in [-0.4, -0.2) is 18.1 Å². The SMILES string of the molecule is COc1ccc(O)c(NC(=O)c2ccc(Cl)cc2Cl)c1. The summed E-state index contributed by atoms with van der Waals surface area (Å²) in [7, 11) is 1.49. The lowest BCUT2D eigenvalue weighted by atomic mass is 10.2. The van der Waals surface area contributed by atoms with Crippen LogP contribution >= 0.6 is 23.2 Å². The molecule has 0 unspecified atom stereocenters. The predicted octanol–water partition coefficient (Wildman–Crippen LogP) is 3.96. The van der Waals surface area contributed by atoms with Crippen molar-refractivity contribution < 1.29 is 14.6 Å². The van der Waals surface area contributed by atoms with E-state index in [0.717, 1.165) is 0 Å². The summed E-state index contributed by atoms with van der Waals surface area (Å²) in [6, 6.07) is 9.07. The molecule has 0 spiro atoms. The summed E-state index contributed by atoms with van der Waals surface area (Å²) in [6.07, 6.45) is 0. The molecule has 2 N–H and O–H groups in total. The molecule has 2 aromatic rings. The van der Waals surface area contributed by atoms with Crippen molar-refractivity contribution in [3.63, 3.8) is 0 Å². The van der Waals surface area contributed by atoms with E-state index in [1.165, 1.54) is 31.4 Å². The Hall–Kier alpha value is -1.91. The molecule has 2 rings (SSSR count). The molecule has 6 heteroatoms. The number of aromatic hydroxyl groups is 1. The van der Waals surface area contributed by atoms with E-state index >= 15 is 0 Å². The molecule has 0 aliphatic carbocycles. The van der Waals surface area contributed by atoms with Crippen LogP contribution in [0.25, 0.3) is 0 Å². The topological polar surface area (TPSA) is 58.6 Å². The minimum atomic E-state index is -0.449. The Kier molecular flexibility index (Phi) is 4.37. The summed E-state index contributed by atoms with van der Waals surface area (Å²) in [5, 5.41) is 13.0. The number of hydrogen-bond donors (Lipinski definition) is 2. The number of phenolic OH excluding ortho intramolecular Hbond substituents is 1. The molecule has 2 aromatic carbocycles. The highest BCUT2D eigenvalue weighted by Gasteiger charge is 2.13. The second-order valence-electron chi connectivity index (χ2n) is 3.96. The Morgan fingerprint density at radius 2 is 1.95 bits per heavy atom. The Morgan fingerprint density at radius 3 is 2.60 bits per heavy atom. The zero-order chi connectivity index (χ0) is 14.7. The maximum absolute atomic E-state index is 12.1. The summed E-state index contributed by atoms with van der Waals surface area (Å²) in [5.74, 6) is -0.000223. The quantitative estimate of drug-likeness (QED) is 0.843. The molecule has 0 aliphatic heterocycles. The van der Waals surface area contributed by atoms with Gasteiger partial charge in [0.05, 0.1) is 23.4 Å². The standard InChI is InChI=1S/C14H11Cl2NO3/c1-20-9-3-5-13(18)12(7-9)17-14(19)10-4-2-8(15)6-11(10)16/h2-7,18H,1H3,(H,17,19). The minimum absolute atomic E-state index is 0.0655. The number of carbonyl (C=O) groups excluding carboxylic acids is 1. The molecule has 0 aliphatic rings. The third-order valence-electron chi connectivity index (χ3n) is 2.63. The van der Waals surface area contributed by atoms with Crippen molar-refractivity contribution in [3.05, 3.63) is 52.0 Å². The molecule has 0 radical (unpaired) electrons. The van der Waals surface area contributed by atoms with Gasteiger partial charge in [0.1, 0.15) is 11.5 Å². The van der Waals surface area contributed by atoms with E-state index in [-0.39, 0.29) is 22.0 Å². The largest absolute Gasteiger partial charge is 0.506 e. The van der Waals surface area contributed by atoms with Crippen LogP contribution in [0.3, 0.4) is 0 Å². The molecule has 0 aromatic heterocycles. The molecule has 0 heterocycles. The van der Waals surface area contributed by atoms with Crippen LogP contribution in [0.5, 0.6) is 11.5 Å². The van der Waals surface area contributed by atoms with Crippen molar-refractivity contribution in [2.75, 3.05) is 12.4 Å². The van der Waals surface area contributed by atoms with E-state index in [1.54, 1.807) is 12.1 Å². The first-order valence-electron chi connectivity index (χ1n) is 5.64. The normalized spacial score (nSPS) is 10.2. The number of ether oxygens (including phenoxy) is 1. The molecule has 0 saturated carbocycles. The summed E-state index contributed by atoms with van der Waals surface area (Å²) in [4.78, 5) is 12.1. The lowest BCUT2D eigenvalue weighted by Gasteiger charge is -2.10. The zero-order valence-corrected chi connectivity index (χ0v) is 12.0. The molecule has 1 amide bonds. The molecule has 104 valence electrons. The van der Waals surface area contributed by atoms with Gasteiger partial charge in [0.2, 0.25) is 0 Å². The molecule has 20 heavy (non-hydrogen) atoms. The van der Waals surface area contributed by atoms with Crippen molar-refractivity contribution in [1.82, 2.24) is 0 Å². The molecular weight excluding hydrogens is 301 g/mol. The fourth-order valence-electron chi connectivity index (χ4n) is 1.61. The van der Waals surface area contributed by atoms with Crippen molar-refractivity contribution in [1.29, 1.82) is 0 Å². The van der Waals surface area contributed by atoms with Gasteiger partial charge in [0.25, 0.3) is 5.91 Å². The van der Waals surface area contributed by atoms with Crippen LogP contribution in [-0.2, 0) is 0 Å². The number of phenols is 1. The van der Waals surface area contributed by atoms with Gasteiger partial charge in [0.15, 0.2) is 0 Å². The average molecular weight is 312 g/mol. The van der Waals surface area contributed by atoms with Gasteiger partial charge in [-0.2, -0.15) is 0 Å². The maximum atomic E-state index is 12.1. The minimum Gasteiger partial charge on any atom is -0.506 e. The highest BCUT2D eigenvalue weighted by molar-refractivity contribution is 6.37. The number of carbonyl (C=O) groups is 1. The number of nitrogens with one attached hydrogen (secondary N) is 1. The van der Waals surface area contributed by atoms with Crippen molar-refractivity contribution in [2.24, 2.45) is 0 Å². The molecule has 0 saturated heterocycles. The van der Waals surface area contributed by atoms with Crippen molar-refractivity contribution in [3.8, 4) is 11.5 Å². The Morgan fingerprint density at radius 1 is 1.20 bits per heavy atom. The molecule has 4 nitrogen and oxygen atoms in total. The van der Waals surface area contributed by atoms with Crippen LogP contribution < -0.4 is 10.1 Å². The van der Waals surface area contributed by atoms with E-state index in [4.69, 9.17) is 27.9 Å². The fraction of sp³-hybridized carbons (Fsp3) is 0.0714. The Labute approximate surface area is 125 Å². The van der Waals surface area contributed by atoms with Crippen LogP contribution in [0.1, 0.15) is 10.4 Å². The zero-order valence-electron chi connectivity index (χ0n) is 10.5. The molecule has 0 atom stereocenters. The second kappa shape index (κ2) is 6.03. The number of anilines is 1. The average Bonchev–Trinajstić information content (AvgIpc) is 2.41. The number of methoxy groups -OCH3 is 1. The highest BCUT2D eigenvalue weighted by Crippen LogP contribution is 2.29. The van der Waals surface area contributed by atoms with Crippen molar-refractivity contribution >= 4 is 34.8 Å². The maximum Gasteiger partial charge on any atom is 0.257 e. The summed E-state index contributed by atoms with van der Waals surface area (Å²) in [5.41, 5.74) is 0.499. The van der Waals surface area contributed by atoms with E-state index in [9.17, 15) is 9.90 Å². The fourth-order valence-corrected chi connectivity index (χ4v) is 2.10. The monoisotopic (exact) mass is 311 g/mol. The van der Waals surface area contributed by atoms with Gasteiger partial charge < -0.3 is 15.2 Å². The highest BCUT2D eigenvalue weighted by atomic mass is 35.5. The summed E-state index contributed by atoms with van der Waals surface area (Å²) in [6.45, 7) is 0. The smallest absolute Gasteiger partial charge is 0.257 e. The van der Waals surface area contributed by atoms with Gasteiger partial charge in [-0.15, -0.1) is 0 Å². The molecular formula is C14H11Cl2NO3. The first-order chi connectivity index (χ1) is 9.51. The van der Waals surface area contributed by atoms with E-state index < -0.39 is 5.91 Å². The van der Waals surface area contributed by atoms with E-state index in [2.05, 4.69) is 5.32 Å². The van der Waals surface area contributed by atoms with Crippen LogP contribution in [0, 0.1) is 0 Å². The van der Waals surface area contributed by atoms with E-state index in [0.29, 0.717) is 10.8 Å². The number of hydrogen-bond acceptors (Lipinski definition) is 3. The predicted molar refractivity (Wildman–Crippen MR) is 79.1 cm³/mol. The van der Waals surface area contributed by atoms with Gasteiger partial charge in [-0.05, 0) is 30.3 Å². The van der Waals surface area contributed by atoms with Crippen LogP contribution in [0.15, 0.2) is 36.4 Å². The first-order valence-corrected chi connectivity index (χ1v) is 6.40. The molecule has 0 fully saturated rings. The molecule has 0 bridgehead atoms. The third kappa shape index (κ3) is 3.15. The Bertz CT molecular complexity index is 659. The van der Waals surface area contributed by atoms with Gasteiger partial charge in [-0.3, -0.25) is 4.79 Å². The summed E-state index contributed by atoms with van der Waals surface area (Å²) < 4.78 is 5.03. The number of rotatable bonds is 3. The summed E-state index contributed by atoms with van der Waals surface area (Å²) >= 11 is 11.7. The van der Waals surface area contributed by atoms with Gasteiger partial charge in [0, 0.05) is 11.1 Å². The van der Waals surface area contributed by atoms with Gasteiger partial charge in [-0.1, -0.05) is 23.2 Å². The number of amides is 1. The first kappa shape index (κ1) is 14.5. The second-order valence-corrected chi connectivity index (χ2v) is 4.81. The third-order valence-corrected chi connectivity index (χ3v) is 3.18. The number of benzene rings is 2. The van der Waals surface area contributed by atoms with Crippen LogP contribution in [0.2, 0.25) is 10.0 Å². The van der Waals surface area contributed by atoms with Gasteiger partial charge >= 0.3 is 0 Å².